The summed E-state index contributed by atoms with van der Waals surface area (Å²) in [6.45, 7) is 5.10. The number of hydrogen-bond donors (Lipinski definition) is 0. The predicted octanol–water partition coefficient (Wildman–Crippen LogP) is 4.89. The molecule has 0 N–H and O–H groups in total. The molecule has 1 aliphatic rings. The Balaban J connectivity index is 0.000000528. The van der Waals surface area contributed by atoms with Crippen LogP contribution >= 0.6 is 0 Å². The van der Waals surface area contributed by atoms with Crippen LogP contribution in [0.4, 0.5) is 0 Å². The Kier molecular flexibility index (Phi) is 3.12. The van der Waals surface area contributed by atoms with Crippen LogP contribution in [-0.4, -0.2) is 4.57 Å². The number of rotatable bonds is 0. The average molecular weight is 249 g/mol. The minimum absolute atomic E-state index is 1.10. The van der Waals surface area contributed by atoms with Crippen LogP contribution in [0.1, 0.15) is 19.4 Å². The lowest BCUT2D eigenvalue weighted by atomic mass is 9.99. The third-order valence-electron chi connectivity index (χ3n) is 3.71. The largest absolute Gasteiger partial charge is 0.340 e. The van der Waals surface area contributed by atoms with E-state index in [0.29, 0.717) is 0 Å². The maximum absolute atomic E-state index is 2.44. The number of benzene rings is 2. The van der Waals surface area contributed by atoms with Crippen molar-refractivity contribution in [3.63, 3.8) is 0 Å². The SMILES string of the molecule is CC.c1ccc2c(c1)CCn1c-2cc2ccccc21. The van der Waals surface area contributed by atoms with E-state index >= 15 is 0 Å². The Hall–Kier alpha value is -2.02. The van der Waals surface area contributed by atoms with Gasteiger partial charge in [-0.2, -0.15) is 0 Å². The molecule has 1 aliphatic heterocycles. The Morgan fingerprint density at radius 1 is 0.895 bits per heavy atom. The number of aromatic nitrogens is 1. The molecule has 1 heteroatoms. The lowest BCUT2D eigenvalue weighted by molar-refractivity contribution is 0.710. The molecule has 2 aromatic carbocycles. The predicted molar refractivity (Wildman–Crippen MR) is 82.4 cm³/mol. The third-order valence-corrected chi connectivity index (χ3v) is 3.71. The fourth-order valence-electron chi connectivity index (χ4n) is 2.89. The van der Waals surface area contributed by atoms with Crippen LogP contribution in [0, 0.1) is 0 Å². The van der Waals surface area contributed by atoms with Crippen LogP contribution in [0.5, 0.6) is 0 Å². The molecule has 2 heterocycles. The number of aryl methyl sites for hydroxylation is 2. The molecule has 0 radical (unpaired) electrons. The molecule has 0 spiro atoms. The van der Waals surface area contributed by atoms with Gasteiger partial charge in [-0.1, -0.05) is 56.3 Å². The Morgan fingerprint density at radius 2 is 1.63 bits per heavy atom. The lowest BCUT2D eigenvalue weighted by Gasteiger charge is -2.19. The van der Waals surface area contributed by atoms with Crippen molar-refractivity contribution in [2.75, 3.05) is 0 Å². The molecule has 0 amide bonds. The quantitative estimate of drug-likeness (QED) is 0.534. The number of para-hydroxylation sites is 1. The molecular formula is C18H19N. The summed E-state index contributed by atoms with van der Waals surface area (Å²) in [4.78, 5) is 0. The second-order valence-electron chi connectivity index (χ2n) is 4.65. The third kappa shape index (κ3) is 1.86. The van der Waals surface area contributed by atoms with Crippen molar-refractivity contribution < 1.29 is 0 Å². The van der Waals surface area contributed by atoms with E-state index < -0.39 is 0 Å². The van der Waals surface area contributed by atoms with Crippen LogP contribution < -0.4 is 0 Å². The second-order valence-corrected chi connectivity index (χ2v) is 4.65. The van der Waals surface area contributed by atoms with Crippen LogP contribution in [-0.2, 0) is 13.0 Å². The van der Waals surface area contributed by atoms with Crippen molar-refractivity contribution in [3.05, 3.63) is 60.2 Å². The molecule has 4 rings (SSSR count). The van der Waals surface area contributed by atoms with E-state index in [1.807, 2.05) is 13.8 Å². The first-order valence-electron chi connectivity index (χ1n) is 7.10. The molecule has 3 aromatic rings. The standard InChI is InChI=1S/C16H13N.C2H6/c1-3-7-14-12(5-1)9-10-17-15-8-4-2-6-13(15)11-16(14)17;1-2/h1-8,11H,9-10H2;1-2H3. The first-order valence-corrected chi connectivity index (χ1v) is 7.10. The molecule has 0 bridgehead atoms. The number of fused-ring (bicyclic) bond motifs is 5. The fourth-order valence-corrected chi connectivity index (χ4v) is 2.89. The Morgan fingerprint density at radius 3 is 2.53 bits per heavy atom. The monoisotopic (exact) mass is 249 g/mol. The second kappa shape index (κ2) is 4.93. The van der Waals surface area contributed by atoms with Crippen LogP contribution in [0.3, 0.4) is 0 Å². The molecule has 0 fully saturated rings. The van der Waals surface area contributed by atoms with Gasteiger partial charge in [0.15, 0.2) is 0 Å². The smallest absolute Gasteiger partial charge is 0.0494 e. The highest BCUT2D eigenvalue weighted by atomic mass is 15.0. The normalized spacial score (nSPS) is 12.3. The van der Waals surface area contributed by atoms with Crippen molar-refractivity contribution in [2.24, 2.45) is 0 Å². The van der Waals surface area contributed by atoms with Gasteiger partial charge in [0.1, 0.15) is 0 Å². The van der Waals surface area contributed by atoms with E-state index in [1.54, 1.807) is 0 Å². The van der Waals surface area contributed by atoms with Crippen molar-refractivity contribution >= 4 is 10.9 Å². The van der Waals surface area contributed by atoms with Gasteiger partial charge < -0.3 is 4.57 Å². The summed E-state index contributed by atoms with van der Waals surface area (Å²) in [7, 11) is 0. The van der Waals surface area contributed by atoms with Crippen molar-refractivity contribution in [3.8, 4) is 11.3 Å². The van der Waals surface area contributed by atoms with E-state index in [4.69, 9.17) is 0 Å². The van der Waals surface area contributed by atoms with E-state index in [-0.39, 0.29) is 0 Å². The Labute approximate surface area is 114 Å². The molecule has 1 aromatic heterocycles. The molecule has 19 heavy (non-hydrogen) atoms. The Bertz CT molecular complexity index is 707. The van der Waals surface area contributed by atoms with E-state index in [0.717, 1.165) is 13.0 Å². The first kappa shape index (κ1) is 12.0. The van der Waals surface area contributed by atoms with Gasteiger partial charge in [0.05, 0.1) is 0 Å². The van der Waals surface area contributed by atoms with Gasteiger partial charge in [-0.25, -0.2) is 0 Å². The summed E-state index contributed by atoms with van der Waals surface area (Å²) in [5.74, 6) is 0. The zero-order valence-electron chi connectivity index (χ0n) is 11.6. The highest BCUT2D eigenvalue weighted by molar-refractivity contribution is 5.88. The van der Waals surface area contributed by atoms with E-state index in [1.165, 1.54) is 27.7 Å². The number of nitrogens with zero attached hydrogens (tertiary/aromatic N) is 1. The molecular weight excluding hydrogens is 230 g/mol. The van der Waals surface area contributed by atoms with Gasteiger partial charge >= 0.3 is 0 Å². The van der Waals surface area contributed by atoms with Gasteiger partial charge in [-0.15, -0.1) is 0 Å². The van der Waals surface area contributed by atoms with Gasteiger partial charge in [0.25, 0.3) is 0 Å². The minimum atomic E-state index is 1.10. The van der Waals surface area contributed by atoms with Gasteiger partial charge in [-0.3, -0.25) is 0 Å². The molecule has 0 aliphatic carbocycles. The number of hydrogen-bond acceptors (Lipinski definition) is 0. The van der Waals surface area contributed by atoms with Crippen molar-refractivity contribution in [1.82, 2.24) is 4.57 Å². The zero-order valence-corrected chi connectivity index (χ0v) is 11.6. The van der Waals surface area contributed by atoms with Crippen LogP contribution in [0.15, 0.2) is 54.6 Å². The lowest BCUT2D eigenvalue weighted by Crippen LogP contribution is -2.09. The molecule has 96 valence electrons. The van der Waals surface area contributed by atoms with Crippen LogP contribution in [0.25, 0.3) is 22.2 Å². The highest BCUT2D eigenvalue weighted by Crippen LogP contribution is 2.34. The summed E-state index contributed by atoms with van der Waals surface area (Å²) in [5.41, 5.74) is 5.60. The highest BCUT2D eigenvalue weighted by Gasteiger charge is 2.17. The fraction of sp³-hybridized carbons (Fsp3) is 0.222. The molecule has 0 atom stereocenters. The maximum atomic E-state index is 2.44. The minimum Gasteiger partial charge on any atom is -0.340 e. The van der Waals surface area contributed by atoms with Crippen molar-refractivity contribution in [2.45, 2.75) is 26.8 Å². The van der Waals surface area contributed by atoms with Gasteiger partial charge in [0.2, 0.25) is 0 Å². The summed E-state index contributed by atoms with van der Waals surface area (Å²) in [5, 5.41) is 1.35. The van der Waals surface area contributed by atoms with Crippen LogP contribution in [0.2, 0.25) is 0 Å². The van der Waals surface area contributed by atoms with Gasteiger partial charge in [-0.05, 0) is 24.1 Å². The first-order chi connectivity index (χ1) is 9.43. The summed E-state index contributed by atoms with van der Waals surface area (Å²) in [6.07, 6.45) is 1.14. The zero-order chi connectivity index (χ0) is 13.2. The summed E-state index contributed by atoms with van der Waals surface area (Å²) >= 11 is 0. The van der Waals surface area contributed by atoms with Gasteiger partial charge in [0, 0.05) is 28.7 Å². The van der Waals surface area contributed by atoms with E-state index in [2.05, 4.69) is 59.2 Å². The topological polar surface area (TPSA) is 4.93 Å². The summed E-state index contributed by atoms with van der Waals surface area (Å²) < 4.78 is 2.44. The molecule has 0 saturated carbocycles. The van der Waals surface area contributed by atoms with Crippen molar-refractivity contribution in [1.29, 1.82) is 0 Å². The molecule has 0 unspecified atom stereocenters. The average Bonchev–Trinajstić information content (AvgIpc) is 2.88. The van der Waals surface area contributed by atoms with E-state index in [9.17, 15) is 0 Å². The molecule has 1 nitrogen and oxygen atoms in total. The summed E-state index contributed by atoms with van der Waals surface area (Å²) in [6, 6.07) is 19.7. The maximum Gasteiger partial charge on any atom is 0.0494 e. The molecule has 0 saturated heterocycles.